The van der Waals surface area contributed by atoms with Gasteiger partial charge in [0.05, 0.1) is 6.54 Å². The number of amides is 3. The van der Waals surface area contributed by atoms with Crippen molar-refractivity contribution in [3.8, 4) is 0 Å². The van der Waals surface area contributed by atoms with Crippen LogP contribution in [0, 0.1) is 0 Å². The van der Waals surface area contributed by atoms with Crippen LogP contribution in [0.5, 0.6) is 0 Å². The smallest absolute Gasteiger partial charge is 0.316 e. The minimum Gasteiger partial charge on any atom is -0.357 e. The highest BCUT2D eigenvalue weighted by Crippen LogP contribution is 2.28. The SMILES string of the molecule is CNC(=O)C1(NC(=O)NCc2noc(C(C)C)n2)CCCCC1. The lowest BCUT2D eigenvalue weighted by Gasteiger charge is -2.36. The number of urea groups is 1. The first kappa shape index (κ1) is 17.2. The number of carbonyl (C=O) groups is 2. The fourth-order valence-corrected chi connectivity index (χ4v) is 2.80. The molecule has 3 N–H and O–H groups in total. The molecule has 1 heterocycles. The number of nitrogens with zero attached hydrogens (tertiary/aromatic N) is 2. The van der Waals surface area contributed by atoms with Gasteiger partial charge in [-0.3, -0.25) is 4.79 Å². The van der Waals surface area contributed by atoms with Crippen molar-refractivity contribution >= 4 is 11.9 Å². The molecular weight excluding hydrogens is 298 g/mol. The lowest BCUT2D eigenvalue weighted by atomic mass is 9.81. The van der Waals surface area contributed by atoms with Gasteiger partial charge in [0.15, 0.2) is 5.82 Å². The van der Waals surface area contributed by atoms with Gasteiger partial charge >= 0.3 is 6.03 Å². The number of nitrogens with one attached hydrogen (secondary N) is 3. The monoisotopic (exact) mass is 323 g/mol. The Balaban J connectivity index is 1.92. The van der Waals surface area contributed by atoms with Crippen LogP contribution in [0.15, 0.2) is 4.52 Å². The van der Waals surface area contributed by atoms with E-state index in [1.165, 1.54) is 0 Å². The van der Waals surface area contributed by atoms with Crippen molar-refractivity contribution in [1.29, 1.82) is 0 Å². The van der Waals surface area contributed by atoms with Crippen LogP contribution in [0.4, 0.5) is 4.79 Å². The van der Waals surface area contributed by atoms with Crippen LogP contribution in [0.3, 0.4) is 0 Å². The van der Waals surface area contributed by atoms with Gasteiger partial charge in [-0.25, -0.2) is 4.79 Å². The van der Waals surface area contributed by atoms with Gasteiger partial charge in [-0.2, -0.15) is 4.98 Å². The van der Waals surface area contributed by atoms with E-state index < -0.39 is 11.6 Å². The van der Waals surface area contributed by atoms with Crippen molar-refractivity contribution in [2.75, 3.05) is 7.05 Å². The Bertz CT molecular complexity index is 549. The Labute approximate surface area is 135 Å². The quantitative estimate of drug-likeness (QED) is 0.759. The van der Waals surface area contributed by atoms with Crippen LogP contribution < -0.4 is 16.0 Å². The van der Waals surface area contributed by atoms with Crippen molar-refractivity contribution in [2.24, 2.45) is 0 Å². The van der Waals surface area contributed by atoms with Gasteiger partial charge in [-0.1, -0.05) is 38.3 Å². The molecule has 1 aromatic heterocycles. The van der Waals surface area contributed by atoms with Gasteiger partial charge in [-0.15, -0.1) is 0 Å². The Morgan fingerprint density at radius 1 is 1.26 bits per heavy atom. The van der Waals surface area contributed by atoms with E-state index >= 15 is 0 Å². The first-order chi connectivity index (χ1) is 11.0. The van der Waals surface area contributed by atoms with Crippen molar-refractivity contribution in [2.45, 2.75) is 64.0 Å². The Morgan fingerprint density at radius 3 is 2.52 bits per heavy atom. The molecule has 1 saturated carbocycles. The van der Waals surface area contributed by atoms with Crippen LogP contribution in [0.1, 0.15) is 63.6 Å². The fraction of sp³-hybridized carbons (Fsp3) is 0.733. The zero-order chi connectivity index (χ0) is 16.9. The molecule has 23 heavy (non-hydrogen) atoms. The van der Waals surface area contributed by atoms with Gasteiger partial charge in [0.25, 0.3) is 0 Å². The normalized spacial score (nSPS) is 16.9. The Morgan fingerprint density at radius 2 is 1.96 bits per heavy atom. The topological polar surface area (TPSA) is 109 Å². The summed E-state index contributed by atoms with van der Waals surface area (Å²) in [5.41, 5.74) is -0.822. The standard InChI is InChI=1S/C15H25N5O3/c1-10(2)12-18-11(20-23-12)9-17-14(22)19-15(13(21)16-3)7-5-4-6-8-15/h10H,4-9H2,1-3H3,(H,16,21)(H2,17,19,22). The first-order valence-corrected chi connectivity index (χ1v) is 8.07. The van der Waals surface area contributed by atoms with Crippen molar-refractivity contribution in [1.82, 2.24) is 26.1 Å². The van der Waals surface area contributed by atoms with E-state index in [9.17, 15) is 9.59 Å². The van der Waals surface area contributed by atoms with E-state index in [-0.39, 0.29) is 18.4 Å². The maximum Gasteiger partial charge on any atom is 0.316 e. The van der Waals surface area contributed by atoms with Crippen LogP contribution in [-0.4, -0.2) is 34.7 Å². The summed E-state index contributed by atoms with van der Waals surface area (Å²) in [7, 11) is 1.59. The summed E-state index contributed by atoms with van der Waals surface area (Å²) in [6, 6.07) is -0.397. The molecule has 128 valence electrons. The first-order valence-electron chi connectivity index (χ1n) is 8.07. The highest BCUT2D eigenvalue weighted by atomic mass is 16.5. The molecule has 1 fully saturated rings. The molecule has 1 aliphatic rings. The van der Waals surface area contributed by atoms with Gasteiger partial charge in [0.2, 0.25) is 11.8 Å². The third-order valence-electron chi connectivity index (χ3n) is 4.11. The molecule has 2 rings (SSSR count). The highest BCUT2D eigenvalue weighted by Gasteiger charge is 2.40. The van der Waals surface area contributed by atoms with Gasteiger partial charge < -0.3 is 20.5 Å². The Hall–Kier alpha value is -2.12. The number of hydrogen-bond acceptors (Lipinski definition) is 5. The van der Waals surface area contributed by atoms with Crippen LogP contribution >= 0.6 is 0 Å². The number of aromatic nitrogens is 2. The number of carbonyl (C=O) groups excluding carboxylic acids is 2. The second-order valence-electron chi connectivity index (χ2n) is 6.23. The van der Waals surface area contributed by atoms with Crippen molar-refractivity contribution < 1.29 is 14.1 Å². The summed E-state index contributed by atoms with van der Waals surface area (Å²) in [6.45, 7) is 4.06. The third kappa shape index (κ3) is 4.20. The lowest BCUT2D eigenvalue weighted by Crippen LogP contribution is -2.61. The molecule has 8 heteroatoms. The molecule has 0 unspecified atom stereocenters. The molecule has 0 aliphatic heterocycles. The van der Waals surface area contributed by atoms with E-state index in [0.29, 0.717) is 24.6 Å². The predicted molar refractivity (Wildman–Crippen MR) is 83.6 cm³/mol. The molecule has 0 atom stereocenters. The number of hydrogen-bond donors (Lipinski definition) is 3. The second-order valence-corrected chi connectivity index (χ2v) is 6.23. The van der Waals surface area contributed by atoms with Gasteiger partial charge in [-0.05, 0) is 12.8 Å². The molecular formula is C15H25N5O3. The molecule has 0 radical (unpaired) electrons. The number of rotatable bonds is 5. The zero-order valence-electron chi connectivity index (χ0n) is 13.9. The zero-order valence-corrected chi connectivity index (χ0v) is 13.9. The van der Waals surface area contributed by atoms with Crippen LogP contribution in [0.2, 0.25) is 0 Å². The third-order valence-corrected chi connectivity index (χ3v) is 4.11. The summed E-state index contributed by atoms with van der Waals surface area (Å²) in [4.78, 5) is 28.5. The lowest BCUT2D eigenvalue weighted by molar-refractivity contribution is -0.128. The highest BCUT2D eigenvalue weighted by molar-refractivity contribution is 5.90. The Kier molecular flexibility index (Phi) is 5.57. The predicted octanol–water partition coefficient (Wildman–Crippen LogP) is 1.44. The molecule has 0 spiro atoms. The summed E-state index contributed by atoms with van der Waals surface area (Å²) in [5, 5.41) is 12.0. The molecule has 0 saturated heterocycles. The number of likely N-dealkylation sites (N-methyl/N-ethyl adjacent to an activating group) is 1. The largest absolute Gasteiger partial charge is 0.357 e. The second kappa shape index (κ2) is 7.43. The molecule has 0 bridgehead atoms. The summed E-state index contributed by atoms with van der Waals surface area (Å²) in [6.07, 6.45) is 4.25. The molecule has 1 aliphatic carbocycles. The minimum atomic E-state index is -0.822. The van der Waals surface area contributed by atoms with E-state index in [2.05, 4.69) is 26.1 Å². The van der Waals surface area contributed by atoms with Gasteiger partial charge in [0, 0.05) is 13.0 Å². The molecule has 1 aromatic rings. The maximum atomic E-state index is 12.2. The van der Waals surface area contributed by atoms with E-state index in [1.807, 2.05) is 13.8 Å². The summed E-state index contributed by atoms with van der Waals surface area (Å²) < 4.78 is 5.09. The summed E-state index contributed by atoms with van der Waals surface area (Å²) >= 11 is 0. The molecule has 3 amide bonds. The molecule has 0 aromatic carbocycles. The molecule has 8 nitrogen and oxygen atoms in total. The van der Waals surface area contributed by atoms with Crippen LogP contribution in [0.25, 0.3) is 0 Å². The van der Waals surface area contributed by atoms with Crippen LogP contribution in [-0.2, 0) is 11.3 Å². The minimum absolute atomic E-state index is 0.142. The van der Waals surface area contributed by atoms with Crippen molar-refractivity contribution in [3.05, 3.63) is 11.7 Å². The van der Waals surface area contributed by atoms with E-state index in [0.717, 1.165) is 19.3 Å². The average molecular weight is 323 g/mol. The summed E-state index contributed by atoms with van der Waals surface area (Å²) in [5.74, 6) is 0.954. The van der Waals surface area contributed by atoms with E-state index in [4.69, 9.17) is 4.52 Å². The fourth-order valence-electron chi connectivity index (χ4n) is 2.80. The van der Waals surface area contributed by atoms with Gasteiger partial charge in [0.1, 0.15) is 5.54 Å². The van der Waals surface area contributed by atoms with E-state index in [1.54, 1.807) is 7.05 Å². The average Bonchev–Trinajstić information content (AvgIpc) is 3.02. The van der Waals surface area contributed by atoms with Crippen molar-refractivity contribution in [3.63, 3.8) is 0 Å². The maximum absolute atomic E-state index is 12.2.